The number of morpholine rings is 1. The van der Waals surface area contributed by atoms with Gasteiger partial charge >= 0.3 is 0 Å². The summed E-state index contributed by atoms with van der Waals surface area (Å²) in [5.74, 6) is 0. The van der Waals surface area contributed by atoms with E-state index in [9.17, 15) is 5.11 Å². The lowest BCUT2D eigenvalue weighted by molar-refractivity contribution is -0.0890. The van der Waals surface area contributed by atoms with E-state index in [2.05, 4.69) is 18.7 Å². The monoisotopic (exact) mass is 173 g/mol. The van der Waals surface area contributed by atoms with Gasteiger partial charge in [0, 0.05) is 19.1 Å². The third-order valence-electron chi connectivity index (χ3n) is 2.39. The third-order valence-corrected chi connectivity index (χ3v) is 2.39. The Balaban J connectivity index is 2.40. The van der Waals surface area contributed by atoms with Gasteiger partial charge in [0.1, 0.15) is 0 Å². The Morgan fingerprint density at radius 3 is 2.58 bits per heavy atom. The molecule has 0 bridgehead atoms. The number of hydrogen-bond donors (Lipinski definition) is 1. The van der Waals surface area contributed by atoms with Gasteiger partial charge in [-0.15, -0.1) is 0 Å². The summed E-state index contributed by atoms with van der Waals surface area (Å²) in [5.41, 5.74) is 0. The highest BCUT2D eigenvalue weighted by molar-refractivity contribution is 4.76. The Labute approximate surface area is 74.3 Å². The van der Waals surface area contributed by atoms with Crippen molar-refractivity contribution < 1.29 is 9.84 Å². The van der Waals surface area contributed by atoms with Gasteiger partial charge in [-0.3, -0.25) is 4.90 Å². The molecule has 0 aromatic heterocycles. The molecule has 0 aromatic carbocycles. The highest BCUT2D eigenvalue weighted by Crippen LogP contribution is 2.11. The largest absolute Gasteiger partial charge is 0.391 e. The van der Waals surface area contributed by atoms with Crippen LogP contribution in [0, 0.1) is 0 Å². The van der Waals surface area contributed by atoms with Gasteiger partial charge in [-0.25, -0.2) is 0 Å². The van der Waals surface area contributed by atoms with Gasteiger partial charge in [0.15, 0.2) is 0 Å². The van der Waals surface area contributed by atoms with E-state index in [0.717, 1.165) is 19.7 Å². The van der Waals surface area contributed by atoms with Gasteiger partial charge in [-0.05, 0) is 20.8 Å². The van der Waals surface area contributed by atoms with E-state index >= 15 is 0 Å². The zero-order valence-electron chi connectivity index (χ0n) is 8.16. The summed E-state index contributed by atoms with van der Waals surface area (Å²) < 4.78 is 5.43. The molecule has 3 heteroatoms. The highest BCUT2D eigenvalue weighted by atomic mass is 16.5. The summed E-state index contributed by atoms with van der Waals surface area (Å²) in [5, 5.41) is 9.33. The van der Waals surface area contributed by atoms with Gasteiger partial charge in [0.05, 0.1) is 18.8 Å². The molecule has 2 unspecified atom stereocenters. The Morgan fingerprint density at radius 1 is 1.42 bits per heavy atom. The molecule has 1 fully saturated rings. The van der Waals surface area contributed by atoms with E-state index in [0.29, 0.717) is 6.04 Å². The molecular weight excluding hydrogens is 154 g/mol. The molecule has 1 N–H and O–H groups in total. The maximum absolute atomic E-state index is 9.33. The first kappa shape index (κ1) is 9.96. The fraction of sp³-hybridized carbons (Fsp3) is 1.00. The third kappa shape index (κ3) is 2.44. The zero-order chi connectivity index (χ0) is 9.14. The second kappa shape index (κ2) is 4.21. The SMILES string of the molecule is CC(O)C1CN(C(C)C)CCO1. The molecule has 0 radical (unpaired) electrons. The van der Waals surface area contributed by atoms with E-state index in [4.69, 9.17) is 4.74 Å². The first-order valence-corrected chi connectivity index (χ1v) is 4.65. The van der Waals surface area contributed by atoms with Gasteiger partial charge in [-0.1, -0.05) is 0 Å². The molecular formula is C9H19NO2. The number of hydrogen-bond acceptors (Lipinski definition) is 3. The standard InChI is InChI=1S/C9H19NO2/c1-7(2)10-4-5-12-9(6-10)8(3)11/h7-9,11H,4-6H2,1-3H3. The van der Waals surface area contributed by atoms with Crippen LogP contribution in [0.15, 0.2) is 0 Å². The molecule has 3 nitrogen and oxygen atoms in total. The first-order valence-electron chi connectivity index (χ1n) is 4.65. The average molecular weight is 173 g/mol. The normalized spacial score (nSPS) is 29.2. The average Bonchev–Trinajstić information content (AvgIpc) is 2.04. The van der Waals surface area contributed by atoms with Crippen LogP contribution in [-0.2, 0) is 4.74 Å². The number of aliphatic hydroxyl groups excluding tert-OH is 1. The lowest BCUT2D eigenvalue weighted by Gasteiger charge is -2.36. The van der Waals surface area contributed by atoms with E-state index in [1.54, 1.807) is 6.92 Å². The van der Waals surface area contributed by atoms with Crippen LogP contribution in [0.2, 0.25) is 0 Å². The predicted molar refractivity (Wildman–Crippen MR) is 48.1 cm³/mol. The summed E-state index contributed by atoms with van der Waals surface area (Å²) in [6.45, 7) is 8.72. The van der Waals surface area contributed by atoms with Crippen LogP contribution in [0.25, 0.3) is 0 Å². The summed E-state index contributed by atoms with van der Waals surface area (Å²) in [4.78, 5) is 2.33. The molecule has 0 aromatic rings. The van der Waals surface area contributed by atoms with Gasteiger partial charge < -0.3 is 9.84 Å². The number of aliphatic hydroxyl groups is 1. The number of nitrogens with zero attached hydrogens (tertiary/aromatic N) is 1. The van der Waals surface area contributed by atoms with Crippen molar-refractivity contribution in [2.45, 2.75) is 39.0 Å². The van der Waals surface area contributed by atoms with Crippen LogP contribution in [0.1, 0.15) is 20.8 Å². The predicted octanol–water partition coefficient (Wildman–Crippen LogP) is 0.476. The highest BCUT2D eigenvalue weighted by Gasteiger charge is 2.25. The van der Waals surface area contributed by atoms with E-state index in [1.165, 1.54) is 0 Å². The maximum atomic E-state index is 9.33. The fourth-order valence-electron chi connectivity index (χ4n) is 1.46. The summed E-state index contributed by atoms with van der Waals surface area (Å²) >= 11 is 0. The van der Waals surface area contributed by atoms with Crippen molar-refractivity contribution in [1.82, 2.24) is 4.90 Å². The van der Waals surface area contributed by atoms with Crippen molar-refractivity contribution in [1.29, 1.82) is 0 Å². The quantitative estimate of drug-likeness (QED) is 0.659. The van der Waals surface area contributed by atoms with Crippen LogP contribution < -0.4 is 0 Å². The fourth-order valence-corrected chi connectivity index (χ4v) is 1.46. The number of ether oxygens (including phenoxy) is 1. The van der Waals surface area contributed by atoms with Gasteiger partial charge in [0.2, 0.25) is 0 Å². The smallest absolute Gasteiger partial charge is 0.0958 e. The van der Waals surface area contributed by atoms with Crippen molar-refractivity contribution in [3.8, 4) is 0 Å². The molecule has 1 aliphatic rings. The molecule has 1 aliphatic heterocycles. The topological polar surface area (TPSA) is 32.7 Å². The van der Waals surface area contributed by atoms with E-state index in [1.807, 2.05) is 0 Å². The van der Waals surface area contributed by atoms with Crippen molar-refractivity contribution >= 4 is 0 Å². The summed E-state index contributed by atoms with van der Waals surface area (Å²) in [6, 6.07) is 0.551. The Kier molecular flexibility index (Phi) is 3.50. The second-order valence-electron chi connectivity index (χ2n) is 3.74. The Morgan fingerprint density at radius 2 is 2.08 bits per heavy atom. The van der Waals surface area contributed by atoms with Crippen LogP contribution in [0.4, 0.5) is 0 Å². The van der Waals surface area contributed by atoms with Crippen molar-refractivity contribution in [3.05, 3.63) is 0 Å². The van der Waals surface area contributed by atoms with Crippen molar-refractivity contribution in [3.63, 3.8) is 0 Å². The molecule has 72 valence electrons. The minimum atomic E-state index is -0.355. The van der Waals surface area contributed by atoms with Gasteiger partial charge in [-0.2, -0.15) is 0 Å². The molecule has 1 rings (SSSR count). The Hall–Kier alpha value is -0.120. The van der Waals surface area contributed by atoms with Crippen molar-refractivity contribution in [2.75, 3.05) is 19.7 Å². The lowest BCUT2D eigenvalue weighted by atomic mass is 10.1. The molecule has 2 atom stereocenters. The molecule has 1 saturated heterocycles. The maximum Gasteiger partial charge on any atom is 0.0958 e. The Bertz CT molecular complexity index is 122. The lowest BCUT2D eigenvalue weighted by Crippen LogP contribution is -2.49. The van der Waals surface area contributed by atoms with Crippen LogP contribution in [0.5, 0.6) is 0 Å². The number of rotatable bonds is 2. The molecule has 0 spiro atoms. The van der Waals surface area contributed by atoms with Crippen LogP contribution in [-0.4, -0.2) is 48.0 Å². The summed E-state index contributed by atoms with van der Waals surface area (Å²) in [6.07, 6.45) is -0.354. The summed E-state index contributed by atoms with van der Waals surface area (Å²) in [7, 11) is 0. The van der Waals surface area contributed by atoms with E-state index in [-0.39, 0.29) is 12.2 Å². The minimum Gasteiger partial charge on any atom is -0.391 e. The molecule has 12 heavy (non-hydrogen) atoms. The first-order chi connectivity index (χ1) is 5.61. The molecule has 1 heterocycles. The molecule has 0 aliphatic carbocycles. The molecule has 0 amide bonds. The minimum absolute atomic E-state index is 0.00106. The zero-order valence-corrected chi connectivity index (χ0v) is 8.16. The molecule has 0 saturated carbocycles. The second-order valence-corrected chi connectivity index (χ2v) is 3.74. The van der Waals surface area contributed by atoms with Crippen LogP contribution in [0.3, 0.4) is 0 Å². The van der Waals surface area contributed by atoms with Crippen molar-refractivity contribution in [2.24, 2.45) is 0 Å². The van der Waals surface area contributed by atoms with E-state index < -0.39 is 0 Å². The van der Waals surface area contributed by atoms with Crippen LogP contribution >= 0.6 is 0 Å². The van der Waals surface area contributed by atoms with Gasteiger partial charge in [0.25, 0.3) is 0 Å².